The summed E-state index contributed by atoms with van der Waals surface area (Å²) in [6.45, 7) is 4.78. The van der Waals surface area contributed by atoms with Crippen LogP contribution in [0.25, 0.3) is 0 Å². The van der Waals surface area contributed by atoms with Crippen LogP contribution in [-0.4, -0.2) is 30.0 Å². The van der Waals surface area contributed by atoms with Gasteiger partial charge in [-0.15, -0.1) is 0 Å². The number of hydrogen-bond donors (Lipinski definition) is 2. The molecule has 1 heterocycles. The van der Waals surface area contributed by atoms with Gasteiger partial charge in [0.2, 0.25) is 0 Å². The average Bonchev–Trinajstić information content (AvgIpc) is 2.76. The van der Waals surface area contributed by atoms with E-state index in [1.54, 1.807) is 30.3 Å². The van der Waals surface area contributed by atoms with Gasteiger partial charge in [0.1, 0.15) is 5.75 Å². The third-order valence-electron chi connectivity index (χ3n) is 3.27. The fraction of sp³-hybridized carbons (Fsp3) is 0.375. The summed E-state index contributed by atoms with van der Waals surface area (Å²) in [6, 6.07) is 6.47. The van der Waals surface area contributed by atoms with E-state index >= 15 is 0 Å². The zero-order valence-corrected chi connectivity index (χ0v) is 12.2. The Labute approximate surface area is 123 Å². The maximum Gasteiger partial charge on any atom is 0.341 e. The third-order valence-corrected chi connectivity index (χ3v) is 3.27. The van der Waals surface area contributed by atoms with Crippen LogP contribution < -0.4 is 10.1 Å². The number of rotatable bonds is 5. The second-order valence-corrected chi connectivity index (χ2v) is 5.94. The van der Waals surface area contributed by atoms with Gasteiger partial charge < -0.3 is 15.2 Å². The maximum atomic E-state index is 12.1. The lowest BCUT2D eigenvalue weighted by atomic mass is 9.92. The number of nitrogens with one attached hydrogen (secondary N) is 1. The van der Waals surface area contributed by atoms with E-state index in [-0.39, 0.29) is 11.2 Å². The van der Waals surface area contributed by atoms with Crippen molar-refractivity contribution in [2.75, 3.05) is 13.2 Å². The molecule has 5 heteroatoms. The van der Waals surface area contributed by atoms with Crippen LogP contribution in [0.4, 0.5) is 0 Å². The van der Waals surface area contributed by atoms with Gasteiger partial charge in [0.25, 0.3) is 0 Å². The number of ketones is 1. The van der Waals surface area contributed by atoms with Gasteiger partial charge in [-0.2, -0.15) is 0 Å². The zero-order valence-electron chi connectivity index (χ0n) is 12.2. The van der Waals surface area contributed by atoms with Crippen molar-refractivity contribution in [3.63, 3.8) is 0 Å². The Morgan fingerprint density at radius 1 is 1.33 bits per heavy atom. The van der Waals surface area contributed by atoms with Crippen LogP contribution in [0.1, 0.15) is 30.6 Å². The van der Waals surface area contributed by atoms with E-state index in [0.717, 1.165) is 18.7 Å². The zero-order chi connectivity index (χ0) is 15.5. The number of allylic oxidation sites excluding steroid dienone is 2. The van der Waals surface area contributed by atoms with Crippen LogP contribution in [0.3, 0.4) is 0 Å². The molecule has 0 aromatic heterocycles. The van der Waals surface area contributed by atoms with Crippen molar-refractivity contribution in [2.24, 2.45) is 5.41 Å². The molecular weight excluding hydrogens is 270 g/mol. The lowest BCUT2D eigenvalue weighted by molar-refractivity contribution is -0.139. The SMILES string of the molecule is CC1(C)CN/C(=C\C(=O)c2ccc(OCC(=O)O)cc2)C1. The monoisotopic (exact) mass is 289 g/mol. The average molecular weight is 289 g/mol. The Bertz CT molecular complexity index is 572. The van der Waals surface area contributed by atoms with E-state index in [9.17, 15) is 9.59 Å². The van der Waals surface area contributed by atoms with Gasteiger partial charge in [0.05, 0.1) is 0 Å². The fourth-order valence-electron chi connectivity index (χ4n) is 2.20. The van der Waals surface area contributed by atoms with E-state index < -0.39 is 12.6 Å². The van der Waals surface area contributed by atoms with Gasteiger partial charge in [-0.3, -0.25) is 4.79 Å². The van der Waals surface area contributed by atoms with Gasteiger partial charge in [0, 0.05) is 23.9 Å². The van der Waals surface area contributed by atoms with Crippen molar-refractivity contribution >= 4 is 11.8 Å². The Kier molecular flexibility index (Phi) is 4.31. The van der Waals surface area contributed by atoms with Crippen molar-refractivity contribution in [1.82, 2.24) is 5.32 Å². The molecule has 0 bridgehead atoms. The number of carbonyl (C=O) groups is 2. The van der Waals surface area contributed by atoms with Crippen LogP contribution in [0.2, 0.25) is 0 Å². The Morgan fingerprint density at radius 3 is 2.52 bits per heavy atom. The van der Waals surface area contributed by atoms with E-state index in [0.29, 0.717) is 11.3 Å². The first-order valence-corrected chi connectivity index (χ1v) is 6.79. The molecule has 1 saturated heterocycles. The van der Waals surface area contributed by atoms with Gasteiger partial charge in [-0.25, -0.2) is 4.79 Å². The molecule has 0 amide bonds. The second-order valence-electron chi connectivity index (χ2n) is 5.94. The highest BCUT2D eigenvalue weighted by Crippen LogP contribution is 2.29. The smallest absolute Gasteiger partial charge is 0.341 e. The Hall–Kier alpha value is -2.30. The standard InChI is InChI=1S/C16H19NO4/c1-16(2)8-12(17-10-16)7-14(18)11-3-5-13(6-4-11)21-9-15(19)20/h3-7,17H,8-10H2,1-2H3,(H,19,20)/b12-7-. The molecular formula is C16H19NO4. The van der Waals surface area contributed by atoms with E-state index in [1.165, 1.54) is 0 Å². The van der Waals surface area contributed by atoms with Gasteiger partial charge >= 0.3 is 5.97 Å². The second kappa shape index (κ2) is 5.99. The normalized spacial score (nSPS) is 18.3. The molecule has 0 atom stereocenters. The summed E-state index contributed by atoms with van der Waals surface area (Å²) in [5.74, 6) is -0.670. The van der Waals surface area contributed by atoms with Crippen LogP contribution in [0.5, 0.6) is 5.75 Å². The molecule has 0 spiro atoms. The molecule has 1 aromatic rings. The summed E-state index contributed by atoms with van der Waals surface area (Å²) in [5, 5.41) is 11.8. The van der Waals surface area contributed by atoms with E-state index in [4.69, 9.17) is 9.84 Å². The molecule has 2 N–H and O–H groups in total. The first-order valence-electron chi connectivity index (χ1n) is 6.79. The number of hydrogen-bond acceptors (Lipinski definition) is 4. The van der Waals surface area contributed by atoms with Crippen LogP contribution in [-0.2, 0) is 4.79 Å². The number of benzene rings is 1. The largest absolute Gasteiger partial charge is 0.482 e. The maximum absolute atomic E-state index is 12.1. The summed E-state index contributed by atoms with van der Waals surface area (Å²) >= 11 is 0. The number of carboxylic acid groups (broad SMARTS) is 1. The van der Waals surface area contributed by atoms with Crippen molar-refractivity contribution in [3.05, 3.63) is 41.6 Å². The fourth-order valence-corrected chi connectivity index (χ4v) is 2.20. The van der Waals surface area contributed by atoms with Crippen molar-refractivity contribution in [2.45, 2.75) is 20.3 Å². The predicted molar refractivity (Wildman–Crippen MR) is 78.4 cm³/mol. The van der Waals surface area contributed by atoms with Crippen LogP contribution >= 0.6 is 0 Å². The van der Waals surface area contributed by atoms with Crippen LogP contribution in [0, 0.1) is 5.41 Å². The number of carboxylic acids is 1. The summed E-state index contributed by atoms with van der Waals surface area (Å²) in [5.41, 5.74) is 1.69. The predicted octanol–water partition coefficient (Wildman–Crippen LogP) is 2.24. The topological polar surface area (TPSA) is 75.6 Å². The first-order chi connectivity index (χ1) is 9.85. The molecule has 1 aliphatic heterocycles. The lowest BCUT2D eigenvalue weighted by Gasteiger charge is -2.12. The molecule has 0 saturated carbocycles. The minimum atomic E-state index is -1.03. The molecule has 0 unspecified atom stereocenters. The minimum Gasteiger partial charge on any atom is -0.482 e. The third kappa shape index (κ3) is 4.34. The molecule has 112 valence electrons. The first kappa shape index (κ1) is 15.1. The van der Waals surface area contributed by atoms with Gasteiger partial charge in [0.15, 0.2) is 12.4 Å². The van der Waals surface area contributed by atoms with Crippen molar-refractivity contribution in [1.29, 1.82) is 0 Å². The van der Waals surface area contributed by atoms with Crippen molar-refractivity contribution < 1.29 is 19.4 Å². The highest BCUT2D eigenvalue weighted by atomic mass is 16.5. The Balaban J connectivity index is 2.00. The number of carbonyl (C=O) groups excluding carboxylic acids is 1. The van der Waals surface area contributed by atoms with Gasteiger partial charge in [-0.05, 0) is 36.1 Å². The van der Waals surface area contributed by atoms with Gasteiger partial charge in [-0.1, -0.05) is 13.8 Å². The van der Waals surface area contributed by atoms with E-state index in [1.807, 2.05) is 0 Å². The summed E-state index contributed by atoms with van der Waals surface area (Å²) in [6.07, 6.45) is 2.49. The summed E-state index contributed by atoms with van der Waals surface area (Å²) in [4.78, 5) is 22.5. The molecule has 1 aromatic carbocycles. The Morgan fingerprint density at radius 2 is 2.00 bits per heavy atom. The summed E-state index contributed by atoms with van der Waals surface area (Å²) < 4.78 is 5.02. The van der Waals surface area contributed by atoms with Crippen molar-refractivity contribution in [3.8, 4) is 5.75 Å². The van der Waals surface area contributed by atoms with E-state index in [2.05, 4.69) is 19.2 Å². The number of aliphatic carboxylic acids is 1. The molecule has 0 aliphatic carbocycles. The molecule has 1 fully saturated rings. The lowest BCUT2D eigenvalue weighted by Crippen LogP contribution is -2.15. The van der Waals surface area contributed by atoms with Crippen LogP contribution in [0.15, 0.2) is 36.0 Å². The minimum absolute atomic E-state index is 0.0695. The summed E-state index contributed by atoms with van der Waals surface area (Å²) in [7, 11) is 0. The molecule has 2 rings (SSSR count). The highest BCUT2D eigenvalue weighted by Gasteiger charge is 2.26. The highest BCUT2D eigenvalue weighted by molar-refractivity contribution is 6.05. The quantitative estimate of drug-likeness (QED) is 0.642. The molecule has 21 heavy (non-hydrogen) atoms. The molecule has 1 aliphatic rings. The number of ether oxygens (including phenoxy) is 1. The molecule has 0 radical (unpaired) electrons. The molecule has 5 nitrogen and oxygen atoms in total.